The highest BCUT2D eigenvalue weighted by Crippen LogP contribution is 2.29. The third-order valence-electron chi connectivity index (χ3n) is 2.79. The molecule has 2 aromatic rings. The molecule has 0 saturated heterocycles. The fourth-order valence-electron chi connectivity index (χ4n) is 1.73. The molecule has 0 aliphatic carbocycles. The van der Waals surface area contributed by atoms with Gasteiger partial charge in [-0.2, -0.15) is 5.26 Å². The quantitative estimate of drug-likeness (QED) is 0.786. The first kappa shape index (κ1) is 14.5. The van der Waals surface area contributed by atoms with E-state index < -0.39 is 5.97 Å². The highest BCUT2D eigenvalue weighted by molar-refractivity contribution is 5.87. The van der Waals surface area contributed by atoms with Gasteiger partial charge in [-0.3, -0.25) is 0 Å². The van der Waals surface area contributed by atoms with E-state index >= 15 is 0 Å². The molecule has 6 nitrogen and oxygen atoms in total. The fourth-order valence-corrected chi connectivity index (χ4v) is 1.73. The van der Waals surface area contributed by atoms with Crippen LogP contribution in [0.5, 0.6) is 11.5 Å². The fraction of sp³-hybridized carbons (Fsp3) is 0.200. The maximum absolute atomic E-state index is 11.5. The first-order valence-electron chi connectivity index (χ1n) is 6.05. The number of hydrogen-bond donors (Lipinski definition) is 0. The molecule has 0 radical (unpaired) electrons. The second kappa shape index (κ2) is 6.48. The molecular weight excluding hydrogens is 274 g/mol. The number of furan rings is 1. The zero-order chi connectivity index (χ0) is 15.2. The Labute approximate surface area is 121 Å². The summed E-state index contributed by atoms with van der Waals surface area (Å²) in [6, 6.07) is 8.47. The summed E-state index contributed by atoms with van der Waals surface area (Å²) in [4.78, 5) is 11.5. The van der Waals surface area contributed by atoms with Crippen molar-refractivity contribution in [3.8, 4) is 17.6 Å². The average molecular weight is 287 g/mol. The molecule has 0 unspecified atom stereocenters. The van der Waals surface area contributed by atoms with Crippen molar-refractivity contribution in [2.75, 3.05) is 14.2 Å². The summed E-state index contributed by atoms with van der Waals surface area (Å²) in [6.07, 6.45) is 1.39. The molecule has 0 atom stereocenters. The number of rotatable bonds is 5. The number of benzene rings is 1. The predicted octanol–water partition coefficient (Wildman–Crippen LogP) is 2.53. The van der Waals surface area contributed by atoms with Gasteiger partial charge in [0, 0.05) is 11.6 Å². The van der Waals surface area contributed by atoms with Gasteiger partial charge in [0.15, 0.2) is 11.5 Å². The van der Waals surface area contributed by atoms with Crippen LogP contribution in [0, 0.1) is 11.3 Å². The van der Waals surface area contributed by atoms with Gasteiger partial charge in [0.05, 0.1) is 32.1 Å². The minimum atomic E-state index is -0.564. The van der Waals surface area contributed by atoms with Crippen LogP contribution in [0.2, 0.25) is 0 Å². The Morgan fingerprint density at radius 2 is 2.10 bits per heavy atom. The lowest BCUT2D eigenvalue weighted by Gasteiger charge is -2.10. The highest BCUT2D eigenvalue weighted by atomic mass is 16.5. The molecule has 21 heavy (non-hydrogen) atoms. The minimum Gasteiger partial charge on any atom is -0.493 e. The number of nitrogens with zero attached hydrogens (tertiary/aromatic N) is 1. The van der Waals surface area contributed by atoms with E-state index in [1.54, 1.807) is 24.3 Å². The van der Waals surface area contributed by atoms with Gasteiger partial charge < -0.3 is 18.6 Å². The third kappa shape index (κ3) is 3.15. The van der Waals surface area contributed by atoms with Crippen LogP contribution in [0.4, 0.5) is 0 Å². The van der Waals surface area contributed by atoms with Crippen molar-refractivity contribution in [3.05, 3.63) is 47.4 Å². The molecule has 108 valence electrons. The van der Waals surface area contributed by atoms with Crippen molar-refractivity contribution < 1.29 is 23.4 Å². The van der Waals surface area contributed by atoms with E-state index in [4.69, 9.17) is 19.2 Å². The zero-order valence-corrected chi connectivity index (χ0v) is 11.6. The first-order chi connectivity index (χ1) is 10.2. The lowest BCUT2D eigenvalue weighted by atomic mass is 10.2. The molecule has 0 spiro atoms. The summed E-state index contributed by atoms with van der Waals surface area (Å²) in [6.45, 7) is 0.114. The van der Waals surface area contributed by atoms with Crippen molar-refractivity contribution in [1.82, 2.24) is 0 Å². The largest absolute Gasteiger partial charge is 0.493 e. The van der Waals surface area contributed by atoms with E-state index in [2.05, 4.69) is 4.74 Å². The van der Waals surface area contributed by atoms with Crippen LogP contribution in [-0.2, 0) is 11.3 Å². The molecule has 0 N–H and O–H groups in total. The van der Waals surface area contributed by atoms with Crippen LogP contribution in [0.1, 0.15) is 21.7 Å². The molecule has 1 aromatic heterocycles. The molecule has 0 aliphatic heterocycles. The maximum Gasteiger partial charge on any atom is 0.374 e. The SMILES string of the molecule is COC(=O)c1occc1COc1ccc(C#N)cc1OC. The number of methoxy groups -OCH3 is 2. The van der Waals surface area contributed by atoms with Gasteiger partial charge in [-0.25, -0.2) is 4.79 Å². The number of hydrogen-bond acceptors (Lipinski definition) is 6. The van der Waals surface area contributed by atoms with Crippen molar-refractivity contribution in [2.24, 2.45) is 0 Å². The second-order valence-electron chi connectivity index (χ2n) is 4.03. The average Bonchev–Trinajstić information content (AvgIpc) is 3.00. The smallest absolute Gasteiger partial charge is 0.374 e. The Balaban J connectivity index is 2.16. The molecule has 0 saturated carbocycles. The minimum absolute atomic E-state index is 0.102. The molecule has 0 bridgehead atoms. The van der Waals surface area contributed by atoms with Gasteiger partial charge in [0.2, 0.25) is 5.76 Å². The Hall–Kier alpha value is -2.94. The van der Waals surface area contributed by atoms with Crippen LogP contribution in [-0.4, -0.2) is 20.2 Å². The summed E-state index contributed by atoms with van der Waals surface area (Å²) in [5.41, 5.74) is 1.03. The Kier molecular flexibility index (Phi) is 4.46. The number of carbonyl (C=O) groups excluding carboxylic acids is 1. The molecule has 0 amide bonds. The van der Waals surface area contributed by atoms with Gasteiger partial charge >= 0.3 is 5.97 Å². The topological polar surface area (TPSA) is 81.7 Å². The zero-order valence-electron chi connectivity index (χ0n) is 11.6. The van der Waals surface area contributed by atoms with Gasteiger partial charge in [0.25, 0.3) is 0 Å². The van der Waals surface area contributed by atoms with Crippen LogP contribution < -0.4 is 9.47 Å². The molecule has 0 fully saturated rings. The van der Waals surface area contributed by atoms with E-state index in [1.807, 2.05) is 6.07 Å². The van der Waals surface area contributed by atoms with Crippen molar-refractivity contribution in [2.45, 2.75) is 6.61 Å². The number of ether oxygens (including phenoxy) is 3. The van der Waals surface area contributed by atoms with Crippen molar-refractivity contribution in [3.63, 3.8) is 0 Å². The van der Waals surface area contributed by atoms with Crippen molar-refractivity contribution in [1.29, 1.82) is 5.26 Å². The Morgan fingerprint density at radius 3 is 2.76 bits per heavy atom. The predicted molar refractivity (Wildman–Crippen MR) is 72.1 cm³/mol. The van der Waals surface area contributed by atoms with Crippen LogP contribution >= 0.6 is 0 Å². The molecule has 6 heteroatoms. The van der Waals surface area contributed by atoms with Gasteiger partial charge in [-0.05, 0) is 18.2 Å². The molecular formula is C15H13NO5. The summed E-state index contributed by atoms with van der Waals surface area (Å²) < 4.78 is 20.5. The van der Waals surface area contributed by atoms with Crippen LogP contribution in [0.15, 0.2) is 34.9 Å². The normalized spacial score (nSPS) is 9.76. The standard InChI is InChI=1S/C15H13NO5/c1-18-13-7-10(8-16)3-4-12(13)21-9-11-5-6-20-14(11)15(17)19-2/h3-7H,9H2,1-2H3. The molecule has 2 rings (SSSR count). The van der Waals surface area contributed by atoms with E-state index in [1.165, 1.54) is 20.5 Å². The van der Waals surface area contributed by atoms with Gasteiger partial charge in [-0.1, -0.05) is 0 Å². The first-order valence-corrected chi connectivity index (χ1v) is 6.05. The van der Waals surface area contributed by atoms with Gasteiger partial charge in [-0.15, -0.1) is 0 Å². The summed E-state index contributed by atoms with van der Waals surface area (Å²) in [7, 11) is 2.76. The molecule has 1 aromatic carbocycles. The second-order valence-corrected chi connectivity index (χ2v) is 4.03. The maximum atomic E-state index is 11.5. The summed E-state index contributed by atoms with van der Waals surface area (Å²) in [5.74, 6) is 0.446. The van der Waals surface area contributed by atoms with Gasteiger partial charge in [0.1, 0.15) is 6.61 Å². The summed E-state index contributed by atoms with van der Waals surface area (Å²) >= 11 is 0. The van der Waals surface area contributed by atoms with Crippen LogP contribution in [0.25, 0.3) is 0 Å². The number of esters is 1. The van der Waals surface area contributed by atoms with E-state index in [0.717, 1.165) is 0 Å². The van der Waals surface area contributed by atoms with Crippen LogP contribution in [0.3, 0.4) is 0 Å². The van der Waals surface area contributed by atoms with Crippen molar-refractivity contribution >= 4 is 5.97 Å². The summed E-state index contributed by atoms with van der Waals surface area (Å²) in [5, 5.41) is 8.84. The van der Waals surface area contributed by atoms with E-state index in [9.17, 15) is 4.79 Å². The lowest BCUT2D eigenvalue weighted by molar-refractivity contribution is 0.0561. The Bertz CT molecular complexity index is 684. The highest BCUT2D eigenvalue weighted by Gasteiger charge is 2.16. The lowest BCUT2D eigenvalue weighted by Crippen LogP contribution is -2.05. The molecule has 1 heterocycles. The monoisotopic (exact) mass is 287 g/mol. The third-order valence-corrected chi connectivity index (χ3v) is 2.79. The number of carbonyl (C=O) groups is 1. The Morgan fingerprint density at radius 1 is 1.29 bits per heavy atom. The number of nitriles is 1. The molecule has 0 aliphatic rings. The van der Waals surface area contributed by atoms with E-state index in [-0.39, 0.29) is 12.4 Å². The van der Waals surface area contributed by atoms with E-state index in [0.29, 0.717) is 22.6 Å².